The molecule has 4 aromatic rings. The Morgan fingerprint density at radius 2 is 1.90 bits per heavy atom. The number of nitro groups is 1. The molecule has 40 heavy (non-hydrogen) atoms. The number of fused-ring (bicyclic) bond motifs is 1. The molecular weight excluding hydrogens is 576 g/mol. The Balaban J connectivity index is 1.93. The molecule has 0 spiro atoms. The fraction of sp³-hybridized carbons (Fsp3) is 0.300. The second-order valence-electron chi connectivity index (χ2n) is 9.82. The summed E-state index contributed by atoms with van der Waals surface area (Å²) in [6, 6.07) is 14.0. The van der Waals surface area contributed by atoms with Crippen LogP contribution >= 0.6 is 15.9 Å². The van der Waals surface area contributed by atoms with Gasteiger partial charge in [0.1, 0.15) is 5.75 Å². The highest BCUT2D eigenvalue weighted by atomic mass is 79.9. The van der Waals surface area contributed by atoms with Gasteiger partial charge < -0.3 is 9.47 Å². The Morgan fingerprint density at radius 1 is 1.18 bits per heavy atom. The number of aromatic nitrogens is 2. The van der Waals surface area contributed by atoms with Crippen molar-refractivity contribution in [3.63, 3.8) is 0 Å². The van der Waals surface area contributed by atoms with Crippen molar-refractivity contribution < 1.29 is 14.4 Å². The van der Waals surface area contributed by atoms with E-state index in [2.05, 4.69) is 34.9 Å². The highest BCUT2D eigenvalue weighted by Crippen LogP contribution is 2.37. The second kappa shape index (κ2) is 12.0. The monoisotopic (exact) mass is 606 g/mol. The Bertz CT molecular complexity index is 1680. The van der Waals surface area contributed by atoms with Crippen molar-refractivity contribution in [2.45, 2.75) is 53.1 Å². The highest BCUT2D eigenvalue weighted by Gasteiger charge is 2.22. The first-order chi connectivity index (χ1) is 19.0. The van der Waals surface area contributed by atoms with Crippen molar-refractivity contribution in [3.05, 3.63) is 90.2 Å². The predicted octanol–water partition coefficient (Wildman–Crippen LogP) is 7.23. The molecule has 10 heteroatoms. The normalized spacial score (nSPS) is 12.3. The summed E-state index contributed by atoms with van der Waals surface area (Å²) in [4.78, 5) is 29.9. The molecule has 1 aromatic heterocycles. The van der Waals surface area contributed by atoms with Gasteiger partial charge in [0, 0.05) is 17.2 Å². The number of nitrogens with zero attached hydrogens (tertiary/aromatic N) is 4. The Hall–Kier alpha value is -4.05. The van der Waals surface area contributed by atoms with Crippen LogP contribution in [0.15, 0.2) is 62.9 Å². The third kappa shape index (κ3) is 5.77. The molecule has 1 atom stereocenters. The largest absolute Gasteiger partial charge is 0.496 e. The molecule has 208 valence electrons. The third-order valence-corrected chi connectivity index (χ3v) is 7.24. The van der Waals surface area contributed by atoms with Crippen LogP contribution < -0.4 is 15.0 Å². The lowest BCUT2D eigenvalue weighted by atomic mass is 9.96. The summed E-state index contributed by atoms with van der Waals surface area (Å²) in [5.41, 5.74) is 2.95. The average molecular weight is 608 g/mol. The molecule has 0 N–H and O–H groups in total. The summed E-state index contributed by atoms with van der Waals surface area (Å²) < 4.78 is 13.1. The first kappa shape index (κ1) is 28.9. The first-order valence-electron chi connectivity index (χ1n) is 12.9. The van der Waals surface area contributed by atoms with Gasteiger partial charge in [-0.1, -0.05) is 32.9 Å². The molecule has 0 fully saturated rings. The van der Waals surface area contributed by atoms with Crippen LogP contribution in [-0.2, 0) is 0 Å². The molecule has 0 aliphatic heterocycles. The lowest BCUT2D eigenvalue weighted by Crippen LogP contribution is -2.21. The molecule has 0 radical (unpaired) electrons. The number of hydrogen-bond donors (Lipinski definition) is 0. The fourth-order valence-electron chi connectivity index (χ4n) is 4.31. The van der Waals surface area contributed by atoms with E-state index in [0.717, 1.165) is 22.4 Å². The summed E-state index contributed by atoms with van der Waals surface area (Å²) in [5.74, 6) is 1.42. The van der Waals surface area contributed by atoms with Gasteiger partial charge in [0.15, 0.2) is 5.82 Å². The average Bonchev–Trinajstić information content (AvgIpc) is 2.93. The van der Waals surface area contributed by atoms with Gasteiger partial charge in [0.05, 0.1) is 39.7 Å². The summed E-state index contributed by atoms with van der Waals surface area (Å²) in [5, 5.41) is 16.8. The van der Waals surface area contributed by atoms with Gasteiger partial charge in [0.25, 0.3) is 5.56 Å². The van der Waals surface area contributed by atoms with Crippen LogP contribution in [0.1, 0.15) is 56.7 Å². The standard InChI is InChI=1S/C30H31BrN4O5/c1-7-19(5)40-28-24(31)13-20(14-26(28)35(37)38)16-32-34-29(33-25-11-9-8-10-21(25)30(34)36)23-15-22(17(2)3)27(39-6)12-18(23)4/h8-17,19H,7H2,1-6H3/t19-/m1/s1. The highest BCUT2D eigenvalue weighted by molar-refractivity contribution is 9.10. The molecule has 3 aromatic carbocycles. The molecule has 4 rings (SSSR count). The first-order valence-corrected chi connectivity index (χ1v) is 13.7. The summed E-state index contributed by atoms with van der Waals surface area (Å²) >= 11 is 3.41. The van der Waals surface area contributed by atoms with Crippen molar-refractivity contribution in [2.75, 3.05) is 7.11 Å². The van der Waals surface area contributed by atoms with E-state index < -0.39 is 4.92 Å². The maximum absolute atomic E-state index is 13.7. The summed E-state index contributed by atoms with van der Waals surface area (Å²) in [6.45, 7) is 9.84. The predicted molar refractivity (Wildman–Crippen MR) is 161 cm³/mol. The van der Waals surface area contributed by atoms with Gasteiger partial charge >= 0.3 is 5.69 Å². The van der Waals surface area contributed by atoms with Crippen molar-refractivity contribution in [2.24, 2.45) is 5.10 Å². The molecule has 0 aliphatic rings. The Labute approximate surface area is 240 Å². The van der Waals surface area contributed by atoms with Gasteiger partial charge in [-0.2, -0.15) is 9.78 Å². The SMILES string of the molecule is CC[C@@H](C)Oc1c(Br)cc(C=Nn2c(-c3cc(C(C)C)c(OC)cc3C)nc3ccccc3c2=O)cc1[N+](=O)[O-]. The topological polar surface area (TPSA) is 109 Å². The number of methoxy groups -OCH3 is 1. The third-order valence-electron chi connectivity index (χ3n) is 6.65. The molecule has 0 aliphatic carbocycles. The Morgan fingerprint density at radius 3 is 2.55 bits per heavy atom. The number of hydrogen-bond acceptors (Lipinski definition) is 7. The zero-order chi connectivity index (χ0) is 29.1. The smallest absolute Gasteiger partial charge is 0.312 e. The van der Waals surface area contributed by atoms with Crippen molar-refractivity contribution in [1.29, 1.82) is 0 Å². The minimum absolute atomic E-state index is 0.150. The number of rotatable bonds is 9. The van der Waals surface area contributed by atoms with Crippen LogP contribution in [0.5, 0.6) is 11.5 Å². The minimum Gasteiger partial charge on any atom is -0.496 e. The quantitative estimate of drug-likeness (QED) is 0.113. The van der Waals surface area contributed by atoms with Crippen LogP contribution in [0.4, 0.5) is 5.69 Å². The summed E-state index contributed by atoms with van der Waals surface area (Å²) in [6.07, 6.45) is 1.90. The lowest BCUT2D eigenvalue weighted by molar-refractivity contribution is -0.386. The number of nitro benzene ring substituents is 1. The molecule has 0 saturated carbocycles. The van der Waals surface area contributed by atoms with E-state index in [9.17, 15) is 14.9 Å². The van der Waals surface area contributed by atoms with Crippen LogP contribution in [-0.4, -0.2) is 34.0 Å². The maximum atomic E-state index is 13.7. The van der Waals surface area contributed by atoms with E-state index in [4.69, 9.17) is 14.5 Å². The van der Waals surface area contributed by atoms with Crippen molar-refractivity contribution in [3.8, 4) is 22.9 Å². The number of halogens is 1. The van der Waals surface area contributed by atoms with E-state index in [1.807, 2.05) is 39.0 Å². The van der Waals surface area contributed by atoms with Crippen LogP contribution in [0.3, 0.4) is 0 Å². The van der Waals surface area contributed by atoms with Crippen molar-refractivity contribution in [1.82, 2.24) is 9.66 Å². The molecule has 0 amide bonds. The van der Waals surface area contributed by atoms with Crippen molar-refractivity contribution >= 4 is 38.7 Å². The number of para-hydroxylation sites is 1. The van der Waals surface area contributed by atoms with E-state index in [1.165, 1.54) is 17.0 Å². The van der Waals surface area contributed by atoms with E-state index >= 15 is 0 Å². The van der Waals surface area contributed by atoms with Gasteiger partial charge in [-0.25, -0.2) is 4.98 Å². The molecular formula is C30H31BrN4O5. The van der Waals surface area contributed by atoms with E-state index in [-0.39, 0.29) is 29.0 Å². The van der Waals surface area contributed by atoms with Crippen LogP contribution in [0, 0.1) is 17.0 Å². The molecule has 0 saturated heterocycles. The summed E-state index contributed by atoms with van der Waals surface area (Å²) in [7, 11) is 1.63. The van der Waals surface area contributed by atoms with Crippen LogP contribution in [0.25, 0.3) is 22.3 Å². The molecule has 1 heterocycles. The lowest BCUT2D eigenvalue weighted by Gasteiger charge is -2.17. The van der Waals surface area contributed by atoms with E-state index in [1.54, 1.807) is 31.4 Å². The van der Waals surface area contributed by atoms with Gasteiger partial charge in [0.2, 0.25) is 5.75 Å². The van der Waals surface area contributed by atoms with Gasteiger partial charge in [-0.05, 0) is 83.6 Å². The second-order valence-corrected chi connectivity index (χ2v) is 10.7. The number of aryl methyl sites for hydroxylation is 1. The maximum Gasteiger partial charge on any atom is 0.312 e. The molecule has 9 nitrogen and oxygen atoms in total. The zero-order valence-corrected chi connectivity index (χ0v) is 24.9. The van der Waals surface area contributed by atoms with Gasteiger partial charge in [-0.3, -0.25) is 14.9 Å². The van der Waals surface area contributed by atoms with Gasteiger partial charge in [-0.15, -0.1) is 0 Å². The fourth-order valence-corrected chi connectivity index (χ4v) is 4.87. The minimum atomic E-state index is -0.497. The van der Waals surface area contributed by atoms with Crippen LogP contribution in [0.2, 0.25) is 0 Å². The molecule has 0 bridgehead atoms. The number of benzene rings is 3. The number of ether oxygens (including phenoxy) is 2. The van der Waals surface area contributed by atoms with E-state index in [0.29, 0.717) is 33.2 Å². The zero-order valence-electron chi connectivity index (χ0n) is 23.3. The molecule has 0 unspecified atom stereocenters. The Kier molecular flexibility index (Phi) is 8.68.